The molecule has 0 radical (unpaired) electrons. The Kier molecular flexibility index (Phi) is 6.00. The van der Waals surface area contributed by atoms with Crippen LogP contribution >= 0.6 is 22.9 Å². The second kappa shape index (κ2) is 9.13. The number of hydrogen-bond acceptors (Lipinski definition) is 6. The van der Waals surface area contributed by atoms with Crippen LogP contribution in [0.1, 0.15) is 24.1 Å². The molecule has 1 aromatic heterocycles. The molecule has 1 aliphatic rings. The first-order chi connectivity index (χ1) is 16.9. The summed E-state index contributed by atoms with van der Waals surface area (Å²) in [5.41, 5.74) is 1.31. The Morgan fingerprint density at radius 3 is 2.51 bits per heavy atom. The van der Waals surface area contributed by atoms with Gasteiger partial charge in [-0.25, -0.2) is 9.37 Å². The third kappa shape index (κ3) is 4.15. The number of anilines is 1. The molecule has 5 rings (SSSR count). The number of ether oxygens (including phenoxy) is 1. The van der Waals surface area contributed by atoms with E-state index in [1.54, 1.807) is 36.4 Å². The summed E-state index contributed by atoms with van der Waals surface area (Å²) >= 11 is 7.30. The second-order valence-corrected chi connectivity index (χ2v) is 9.23. The predicted molar refractivity (Wildman–Crippen MR) is 133 cm³/mol. The first-order valence-electron chi connectivity index (χ1n) is 10.7. The topological polar surface area (TPSA) is 79.7 Å². The Bertz CT molecular complexity index is 1480. The molecule has 2 heterocycles. The summed E-state index contributed by atoms with van der Waals surface area (Å²) < 4.78 is 19.8. The minimum atomic E-state index is -0.954. The number of carbonyl (C=O) groups excluding carboxylic acids is 2. The van der Waals surface area contributed by atoms with Crippen molar-refractivity contribution in [2.75, 3.05) is 11.5 Å². The average Bonchev–Trinajstić information content (AvgIpc) is 3.38. The van der Waals surface area contributed by atoms with Crippen molar-refractivity contribution in [2.24, 2.45) is 0 Å². The minimum Gasteiger partial charge on any atom is -0.507 e. The molecule has 1 N–H and O–H groups in total. The fourth-order valence-corrected chi connectivity index (χ4v) is 5.15. The number of aliphatic hydroxyl groups is 1. The normalized spacial score (nSPS) is 17.3. The summed E-state index contributed by atoms with van der Waals surface area (Å²) in [6, 6.07) is 16.1. The summed E-state index contributed by atoms with van der Waals surface area (Å²) in [5.74, 6) is -1.90. The fraction of sp³-hybridized carbons (Fsp3) is 0.115. The molecule has 1 unspecified atom stereocenters. The Morgan fingerprint density at radius 1 is 1.11 bits per heavy atom. The van der Waals surface area contributed by atoms with Gasteiger partial charge in [0, 0.05) is 10.6 Å². The first kappa shape index (κ1) is 23.0. The molecule has 1 amide bonds. The van der Waals surface area contributed by atoms with Crippen LogP contribution < -0.4 is 9.64 Å². The van der Waals surface area contributed by atoms with Crippen LogP contribution in [0.25, 0.3) is 16.0 Å². The molecule has 1 aliphatic heterocycles. The van der Waals surface area contributed by atoms with Gasteiger partial charge in [0.1, 0.15) is 17.3 Å². The average molecular weight is 509 g/mol. The van der Waals surface area contributed by atoms with E-state index in [0.717, 1.165) is 4.70 Å². The van der Waals surface area contributed by atoms with Crippen LogP contribution in [0.4, 0.5) is 9.52 Å². The van der Waals surface area contributed by atoms with E-state index in [1.807, 2.05) is 13.0 Å². The van der Waals surface area contributed by atoms with Gasteiger partial charge in [-0.2, -0.15) is 0 Å². The van der Waals surface area contributed by atoms with Crippen LogP contribution in [0.15, 0.2) is 72.3 Å². The van der Waals surface area contributed by atoms with Gasteiger partial charge in [-0.05, 0) is 67.1 Å². The highest BCUT2D eigenvalue weighted by atomic mass is 35.5. The quantitative estimate of drug-likeness (QED) is 0.200. The van der Waals surface area contributed by atoms with Gasteiger partial charge in [0.05, 0.1) is 28.4 Å². The molecule has 0 saturated carbocycles. The third-order valence-electron chi connectivity index (χ3n) is 5.61. The molecule has 0 spiro atoms. The summed E-state index contributed by atoms with van der Waals surface area (Å²) in [6.07, 6.45) is 0. The van der Waals surface area contributed by atoms with Gasteiger partial charge in [0.15, 0.2) is 5.13 Å². The van der Waals surface area contributed by atoms with Crippen molar-refractivity contribution in [2.45, 2.75) is 13.0 Å². The molecule has 9 heteroatoms. The molecule has 1 saturated heterocycles. The number of ketones is 1. The summed E-state index contributed by atoms with van der Waals surface area (Å²) in [7, 11) is 0. The van der Waals surface area contributed by atoms with Gasteiger partial charge >= 0.3 is 5.91 Å². The lowest BCUT2D eigenvalue weighted by Crippen LogP contribution is -2.29. The van der Waals surface area contributed by atoms with Gasteiger partial charge in [-0.1, -0.05) is 35.1 Å². The van der Waals surface area contributed by atoms with Crippen molar-refractivity contribution in [3.05, 3.63) is 94.3 Å². The van der Waals surface area contributed by atoms with Crippen LogP contribution in [-0.2, 0) is 9.59 Å². The highest BCUT2D eigenvalue weighted by molar-refractivity contribution is 7.22. The molecular formula is C26H18ClFN2O4S. The van der Waals surface area contributed by atoms with Crippen LogP contribution in [0.3, 0.4) is 0 Å². The van der Waals surface area contributed by atoms with Crippen LogP contribution in [0, 0.1) is 5.82 Å². The SMILES string of the molecule is CCOc1ccc2nc(N3C(=O)C(=O)C(=C(O)c4ccc(F)cc4)C3c3ccc(Cl)cc3)sc2c1. The van der Waals surface area contributed by atoms with E-state index >= 15 is 0 Å². The van der Waals surface area contributed by atoms with Gasteiger partial charge in [0.2, 0.25) is 0 Å². The highest BCUT2D eigenvalue weighted by Crippen LogP contribution is 2.44. The first-order valence-corrected chi connectivity index (χ1v) is 11.9. The molecule has 35 heavy (non-hydrogen) atoms. The lowest BCUT2D eigenvalue weighted by atomic mass is 9.95. The van der Waals surface area contributed by atoms with E-state index in [4.69, 9.17) is 16.3 Å². The monoisotopic (exact) mass is 508 g/mol. The largest absolute Gasteiger partial charge is 0.507 e. The maximum atomic E-state index is 13.5. The predicted octanol–water partition coefficient (Wildman–Crippen LogP) is 6.11. The zero-order chi connectivity index (χ0) is 24.7. The molecule has 6 nitrogen and oxygen atoms in total. The number of thiazole rings is 1. The number of Topliss-reactive ketones (excluding diaryl/α,β-unsaturated/α-hetero) is 1. The van der Waals surface area contributed by atoms with Crippen molar-refractivity contribution in [3.8, 4) is 5.75 Å². The maximum Gasteiger partial charge on any atom is 0.301 e. The van der Waals surface area contributed by atoms with Crippen molar-refractivity contribution in [1.82, 2.24) is 4.98 Å². The zero-order valence-electron chi connectivity index (χ0n) is 18.4. The number of aromatic nitrogens is 1. The van der Waals surface area contributed by atoms with Gasteiger partial charge < -0.3 is 9.84 Å². The van der Waals surface area contributed by atoms with E-state index in [1.165, 1.54) is 40.5 Å². The number of rotatable bonds is 5. The molecule has 176 valence electrons. The lowest BCUT2D eigenvalue weighted by molar-refractivity contribution is -0.132. The van der Waals surface area contributed by atoms with Crippen LogP contribution in [-0.4, -0.2) is 28.4 Å². The van der Waals surface area contributed by atoms with Gasteiger partial charge in [-0.3, -0.25) is 14.5 Å². The molecule has 3 aromatic carbocycles. The van der Waals surface area contributed by atoms with Gasteiger partial charge in [0.25, 0.3) is 5.78 Å². The molecule has 1 atom stereocenters. The van der Waals surface area contributed by atoms with Crippen LogP contribution in [0.5, 0.6) is 5.75 Å². The van der Waals surface area contributed by atoms with Crippen LogP contribution in [0.2, 0.25) is 5.02 Å². The maximum absolute atomic E-state index is 13.5. The Morgan fingerprint density at radius 2 is 1.83 bits per heavy atom. The number of carbonyl (C=O) groups is 2. The number of nitrogens with zero attached hydrogens (tertiary/aromatic N) is 2. The lowest BCUT2D eigenvalue weighted by Gasteiger charge is -2.23. The Hall–Kier alpha value is -3.75. The van der Waals surface area contributed by atoms with E-state index < -0.39 is 29.3 Å². The number of amides is 1. The highest BCUT2D eigenvalue weighted by Gasteiger charge is 2.48. The Balaban J connectivity index is 1.69. The van der Waals surface area contributed by atoms with Crippen molar-refractivity contribution in [1.29, 1.82) is 0 Å². The third-order valence-corrected chi connectivity index (χ3v) is 6.88. The second-order valence-electron chi connectivity index (χ2n) is 7.79. The smallest absolute Gasteiger partial charge is 0.301 e. The van der Waals surface area contributed by atoms with E-state index in [9.17, 15) is 19.1 Å². The summed E-state index contributed by atoms with van der Waals surface area (Å²) in [4.78, 5) is 32.4. The zero-order valence-corrected chi connectivity index (χ0v) is 19.9. The number of benzene rings is 3. The summed E-state index contributed by atoms with van der Waals surface area (Å²) in [5, 5.41) is 11.9. The standard InChI is InChI=1S/C26H18ClFN2O4S/c1-2-34-18-11-12-19-20(13-18)35-26(29-19)30-22(14-3-7-16(27)8-4-14)21(24(32)25(30)33)23(31)15-5-9-17(28)10-6-15/h3-13,22,31H,2H2,1H3. The van der Waals surface area contributed by atoms with E-state index in [0.29, 0.717) is 33.6 Å². The van der Waals surface area contributed by atoms with Crippen molar-refractivity contribution < 1.29 is 23.8 Å². The molecular weight excluding hydrogens is 491 g/mol. The molecule has 0 aliphatic carbocycles. The van der Waals surface area contributed by atoms with E-state index in [2.05, 4.69) is 4.98 Å². The molecule has 1 fully saturated rings. The summed E-state index contributed by atoms with van der Waals surface area (Å²) in [6.45, 7) is 2.39. The van der Waals surface area contributed by atoms with E-state index in [-0.39, 0.29) is 11.1 Å². The fourth-order valence-electron chi connectivity index (χ4n) is 4.01. The Labute approximate surface area is 208 Å². The van der Waals surface area contributed by atoms with Crippen molar-refractivity contribution >= 4 is 55.7 Å². The number of aliphatic hydroxyl groups excluding tert-OH is 1. The minimum absolute atomic E-state index is 0.113. The number of halogens is 2. The molecule has 4 aromatic rings. The number of hydrogen-bond donors (Lipinski definition) is 1. The van der Waals surface area contributed by atoms with Gasteiger partial charge in [-0.15, -0.1) is 0 Å². The van der Waals surface area contributed by atoms with Crippen molar-refractivity contribution in [3.63, 3.8) is 0 Å². The number of fused-ring (bicyclic) bond motifs is 1. The molecule has 0 bridgehead atoms.